The van der Waals surface area contributed by atoms with Crippen molar-refractivity contribution in [1.82, 2.24) is 0 Å². The van der Waals surface area contributed by atoms with E-state index >= 15 is 0 Å². The SMILES string of the molecule is COc1csc(C#N)c1OC. The summed E-state index contributed by atoms with van der Waals surface area (Å²) in [6.45, 7) is 0. The van der Waals surface area contributed by atoms with Crippen LogP contribution < -0.4 is 9.47 Å². The molecular formula is C7H7NO2S. The van der Waals surface area contributed by atoms with Gasteiger partial charge in [-0.15, -0.1) is 11.3 Å². The minimum Gasteiger partial charge on any atom is -0.492 e. The molecule has 1 rings (SSSR count). The average molecular weight is 169 g/mol. The molecule has 0 saturated heterocycles. The van der Waals surface area contributed by atoms with Gasteiger partial charge in [0, 0.05) is 5.38 Å². The van der Waals surface area contributed by atoms with Crippen LogP contribution in [0.5, 0.6) is 11.5 Å². The first-order chi connectivity index (χ1) is 5.33. The average Bonchev–Trinajstić information content (AvgIpc) is 2.45. The summed E-state index contributed by atoms with van der Waals surface area (Å²) in [7, 11) is 3.07. The largest absolute Gasteiger partial charge is 0.492 e. The first kappa shape index (κ1) is 7.89. The first-order valence-electron chi connectivity index (χ1n) is 2.93. The summed E-state index contributed by atoms with van der Waals surface area (Å²) in [5.74, 6) is 1.15. The van der Waals surface area contributed by atoms with E-state index in [1.54, 1.807) is 12.5 Å². The monoisotopic (exact) mass is 169 g/mol. The van der Waals surface area contributed by atoms with E-state index in [2.05, 4.69) is 0 Å². The van der Waals surface area contributed by atoms with Gasteiger partial charge >= 0.3 is 0 Å². The summed E-state index contributed by atoms with van der Waals surface area (Å²) in [5, 5.41) is 10.3. The Balaban J connectivity index is 3.12. The van der Waals surface area contributed by atoms with E-state index in [4.69, 9.17) is 14.7 Å². The number of methoxy groups -OCH3 is 2. The number of thiophene rings is 1. The lowest BCUT2D eigenvalue weighted by atomic mass is 10.4. The number of ether oxygens (including phenoxy) is 2. The molecule has 58 valence electrons. The molecule has 1 aromatic heterocycles. The first-order valence-corrected chi connectivity index (χ1v) is 3.81. The van der Waals surface area contributed by atoms with Crippen LogP contribution in [0.15, 0.2) is 5.38 Å². The van der Waals surface area contributed by atoms with Crippen molar-refractivity contribution in [1.29, 1.82) is 5.26 Å². The van der Waals surface area contributed by atoms with Gasteiger partial charge in [0.1, 0.15) is 6.07 Å². The van der Waals surface area contributed by atoms with Crippen LogP contribution in [0.4, 0.5) is 0 Å². The van der Waals surface area contributed by atoms with E-state index in [9.17, 15) is 0 Å². The van der Waals surface area contributed by atoms with Crippen molar-refractivity contribution in [3.8, 4) is 17.6 Å². The normalized spacial score (nSPS) is 8.82. The lowest BCUT2D eigenvalue weighted by Crippen LogP contribution is -1.87. The molecule has 0 aliphatic carbocycles. The molecule has 0 aliphatic heterocycles. The zero-order valence-electron chi connectivity index (χ0n) is 6.25. The Kier molecular flexibility index (Phi) is 2.34. The summed E-state index contributed by atoms with van der Waals surface area (Å²) in [5.41, 5.74) is 0. The minimum absolute atomic E-state index is 0.528. The van der Waals surface area contributed by atoms with Crippen LogP contribution >= 0.6 is 11.3 Å². The summed E-state index contributed by atoms with van der Waals surface area (Å²) >= 11 is 1.31. The summed E-state index contributed by atoms with van der Waals surface area (Å²) < 4.78 is 9.91. The van der Waals surface area contributed by atoms with E-state index in [-0.39, 0.29) is 0 Å². The quantitative estimate of drug-likeness (QED) is 0.675. The fourth-order valence-corrected chi connectivity index (χ4v) is 1.51. The lowest BCUT2D eigenvalue weighted by molar-refractivity contribution is 0.357. The molecule has 0 unspecified atom stereocenters. The molecule has 11 heavy (non-hydrogen) atoms. The molecule has 0 N–H and O–H groups in total. The number of hydrogen-bond acceptors (Lipinski definition) is 4. The Labute approximate surface area is 68.8 Å². The molecule has 0 aliphatic rings. The zero-order chi connectivity index (χ0) is 8.27. The van der Waals surface area contributed by atoms with Crippen LogP contribution in [0.1, 0.15) is 4.88 Å². The smallest absolute Gasteiger partial charge is 0.189 e. The van der Waals surface area contributed by atoms with Crippen molar-refractivity contribution in [3.63, 3.8) is 0 Å². The van der Waals surface area contributed by atoms with Gasteiger partial charge < -0.3 is 9.47 Å². The van der Waals surface area contributed by atoms with Gasteiger partial charge in [-0.05, 0) is 0 Å². The van der Waals surface area contributed by atoms with Gasteiger partial charge in [0.05, 0.1) is 14.2 Å². The van der Waals surface area contributed by atoms with Crippen LogP contribution in [0.2, 0.25) is 0 Å². The molecule has 0 fully saturated rings. The highest BCUT2D eigenvalue weighted by Crippen LogP contribution is 2.35. The van der Waals surface area contributed by atoms with Gasteiger partial charge in [-0.25, -0.2) is 0 Å². The highest BCUT2D eigenvalue weighted by atomic mass is 32.1. The van der Waals surface area contributed by atoms with Crippen molar-refractivity contribution in [2.24, 2.45) is 0 Å². The van der Waals surface area contributed by atoms with Gasteiger partial charge in [-0.2, -0.15) is 5.26 Å². The number of hydrogen-bond donors (Lipinski definition) is 0. The van der Waals surface area contributed by atoms with Gasteiger partial charge in [0.15, 0.2) is 16.4 Å². The second-order valence-corrected chi connectivity index (χ2v) is 2.66. The van der Waals surface area contributed by atoms with Crippen molar-refractivity contribution >= 4 is 11.3 Å². The molecule has 0 amide bonds. The molecule has 0 atom stereocenters. The molecular weight excluding hydrogens is 162 g/mol. The van der Waals surface area contributed by atoms with Crippen LogP contribution in [0.25, 0.3) is 0 Å². The maximum absolute atomic E-state index is 8.58. The second kappa shape index (κ2) is 3.26. The standard InChI is InChI=1S/C7H7NO2S/c1-9-5-4-11-6(3-8)7(5)10-2/h4H,1-2H3. The van der Waals surface area contributed by atoms with Crippen LogP contribution in [-0.2, 0) is 0 Å². The summed E-state index contributed by atoms with van der Waals surface area (Å²) in [6, 6.07) is 2.01. The second-order valence-electron chi connectivity index (χ2n) is 1.78. The molecule has 3 nitrogen and oxygen atoms in total. The fraction of sp³-hybridized carbons (Fsp3) is 0.286. The topological polar surface area (TPSA) is 42.2 Å². The van der Waals surface area contributed by atoms with E-state index in [0.29, 0.717) is 16.4 Å². The third-order valence-electron chi connectivity index (χ3n) is 1.24. The van der Waals surface area contributed by atoms with Crippen LogP contribution in [-0.4, -0.2) is 14.2 Å². The van der Waals surface area contributed by atoms with Crippen LogP contribution in [0.3, 0.4) is 0 Å². The van der Waals surface area contributed by atoms with Crippen LogP contribution in [0, 0.1) is 11.3 Å². The van der Waals surface area contributed by atoms with E-state index in [1.807, 2.05) is 6.07 Å². The van der Waals surface area contributed by atoms with Crippen molar-refractivity contribution in [3.05, 3.63) is 10.3 Å². The molecule has 0 bridgehead atoms. The number of nitriles is 1. The Morgan fingerprint density at radius 1 is 1.45 bits per heavy atom. The molecule has 0 saturated carbocycles. The van der Waals surface area contributed by atoms with Crippen molar-refractivity contribution in [2.75, 3.05) is 14.2 Å². The predicted octanol–water partition coefficient (Wildman–Crippen LogP) is 1.64. The van der Waals surface area contributed by atoms with Gasteiger partial charge in [0.25, 0.3) is 0 Å². The molecule has 1 heterocycles. The minimum atomic E-state index is 0.528. The fourth-order valence-electron chi connectivity index (χ4n) is 0.743. The molecule has 0 aromatic carbocycles. The molecule has 4 heteroatoms. The Morgan fingerprint density at radius 2 is 2.18 bits per heavy atom. The van der Waals surface area contributed by atoms with Gasteiger partial charge in [-0.1, -0.05) is 0 Å². The van der Waals surface area contributed by atoms with Crippen molar-refractivity contribution < 1.29 is 9.47 Å². The lowest BCUT2D eigenvalue weighted by Gasteiger charge is -1.99. The molecule has 0 spiro atoms. The third-order valence-corrected chi connectivity index (χ3v) is 2.08. The highest BCUT2D eigenvalue weighted by Gasteiger charge is 2.11. The predicted molar refractivity (Wildman–Crippen MR) is 42.1 cm³/mol. The van der Waals surface area contributed by atoms with E-state index < -0.39 is 0 Å². The van der Waals surface area contributed by atoms with Crippen molar-refractivity contribution in [2.45, 2.75) is 0 Å². The third kappa shape index (κ3) is 1.28. The zero-order valence-corrected chi connectivity index (χ0v) is 7.07. The molecule has 1 aromatic rings. The Morgan fingerprint density at radius 3 is 2.64 bits per heavy atom. The maximum Gasteiger partial charge on any atom is 0.189 e. The summed E-state index contributed by atoms with van der Waals surface area (Å²) in [4.78, 5) is 0.546. The van der Waals surface area contributed by atoms with E-state index in [0.717, 1.165) is 0 Å². The maximum atomic E-state index is 8.58. The summed E-state index contributed by atoms with van der Waals surface area (Å²) in [6.07, 6.45) is 0. The number of rotatable bonds is 2. The van der Waals surface area contributed by atoms with Gasteiger partial charge in [-0.3, -0.25) is 0 Å². The van der Waals surface area contributed by atoms with E-state index in [1.165, 1.54) is 18.4 Å². The highest BCUT2D eigenvalue weighted by molar-refractivity contribution is 7.11. The Bertz CT molecular complexity index is 287. The van der Waals surface area contributed by atoms with Gasteiger partial charge in [0.2, 0.25) is 0 Å². The number of nitrogens with zero attached hydrogens (tertiary/aromatic N) is 1. The molecule has 0 radical (unpaired) electrons. The Hall–Kier alpha value is -1.21.